The normalized spacial score (nSPS) is 19.7. The van der Waals surface area contributed by atoms with E-state index < -0.39 is 0 Å². The molecule has 0 bridgehead atoms. The Morgan fingerprint density at radius 2 is 1.96 bits per heavy atom. The van der Waals surface area contributed by atoms with Gasteiger partial charge >= 0.3 is 0 Å². The summed E-state index contributed by atoms with van der Waals surface area (Å²) in [6, 6.07) is 4.27. The minimum absolute atomic E-state index is 0. The third-order valence-electron chi connectivity index (χ3n) is 5.17. The van der Waals surface area contributed by atoms with Gasteiger partial charge in [0.05, 0.1) is 0 Å². The maximum absolute atomic E-state index is 4.55. The lowest BCUT2D eigenvalue weighted by molar-refractivity contribution is 0.194. The Morgan fingerprint density at radius 3 is 2.62 bits per heavy atom. The molecule has 0 unspecified atom stereocenters. The van der Waals surface area contributed by atoms with Gasteiger partial charge in [-0.3, -0.25) is 9.47 Å². The number of likely N-dealkylation sites (tertiary alicyclic amines) is 1. The molecular formula is C17H25Cl2N5. The van der Waals surface area contributed by atoms with Crippen molar-refractivity contribution in [1.82, 2.24) is 24.8 Å². The van der Waals surface area contributed by atoms with E-state index in [2.05, 4.69) is 32.3 Å². The number of halogens is 2. The molecule has 2 aromatic heterocycles. The predicted molar refractivity (Wildman–Crippen MR) is 100 cm³/mol. The van der Waals surface area contributed by atoms with Crippen LogP contribution in [0.15, 0.2) is 37.1 Å². The topological polar surface area (TPSA) is 46.0 Å². The first-order valence-electron chi connectivity index (χ1n) is 8.19. The second-order valence-electron chi connectivity index (χ2n) is 6.71. The highest BCUT2D eigenvalue weighted by molar-refractivity contribution is 5.85. The van der Waals surface area contributed by atoms with Gasteiger partial charge < -0.3 is 5.32 Å². The summed E-state index contributed by atoms with van der Waals surface area (Å²) in [6.45, 7) is 5.87. The quantitative estimate of drug-likeness (QED) is 0.903. The van der Waals surface area contributed by atoms with Gasteiger partial charge in [0.2, 0.25) is 0 Å². The van der Waals surface area contributed by atoms with Gasteiger partial charge in [0.1, 0.15) is 12.1 Å². The van der Waals surface area contributed by atoms with E-state index in [1.807, 2.05) is 17.0 Å². The molecule has 0 atom stereocenters. The summed E-state index contributed by atoms with van der Waals surface area (Å²) in [7, 11) is 0. The molecule has 2 aromatic rings. The van der Waals surface area contributed by atoms with E-state index in [1.54, 1.807) is 12.5 Å². The standard InChI is InChI=1S/C17H23N5.2ClH/c1-2-16(22-10-8-19-14-22)20-11-15(1)12-21-9-5-17(13-21)3-6-18-7-4-17;;/h1-2,8,10-11,14,18H,3-7,9,12-13H2;2*1H. The van der Waals surface area contributed by atoms with E-state index in [4.69, 9.17) is 0 Å². The van der Waals surface area contributed by atoms with E-state index in [9.17, 15) is 0 Å². The average Bonchev–Trinajstić information content (AvgIpc) is 3.20. The monoisotopic (exact) mass is 369 g/mol. The van der Waals surface area contributed by atoms with E-state index in [1.165, 1.54) is 51.0 Å². The van der Waals surface area contributed by atoms with Crippen LogP contribution in [0.4, 0.5) is 0 Å². The number of aromatic nitrogens is 3. The van der Waals surface area contributed by atoms with Crippen molar-refractivity contribution in [3.05, 3.63) is 42.6 Å². The van der Waals surface area contributed by atoms with Crippen LogP contribution < -0.4 is 5.32 Å². The van der Waals surface area contributed by atoms with Crippen LogP contribution in [0.1, 0.15) is 24.8 Å². The molecule has 4 heterocycles. The minimum atomic E-state index is 0. The van der Waals surface area contributed by atoms with Crippen LogP contribution in [0, 0.1) is 5.41 Å². The average molecular weight is 370 g/mol. The van der Waals surface area contributed by atoms with Gasteiger partial charge in [-0.05, 0) is 55.9 Å². The summed E-state index contributed by atoms with van der Waals surface area (Å²) < 4.78 is 1.93. The fourth-order valence-corrected chi connectivity index (χ4v) is 3.84. The van der Waals surface area contributed by atoms with Gasteiger partial charge in [-0.25, -0.2) is 9.97 Å². The van der Waals surface area contributed by atoms with Crippen LogP contribution >= 0.6 is 24.8 Å². The predicted octanol–water partition coefficient (Wildman–Crippen LogP) is 2.69. The van der Waals surface area contributed by atoms with Crippen molar-refractivity contribution in [2.45, 2.75) is 25.8 Å². The molecule has 0 amide bonds. The molecule has 1 spiro atoms. The molecular weight excluding hydrogens is 345 g/mol. The van der Waals surface area contributed by atoms with Crippen molar-refractivity contribution < 1.29 is 0 Å². The van der Waals surface area contributed by atoms with Gasteiger partial charge in [0, 0.05) is 31.7 Å². The number of pyridine rings is 1. The first kappa shape index (κ1) is 19.2. The molecule has 7 heteroatoms. The summed E-state index contributed by atoms with van der Waals surface area (Å²) in [5, 5.41) is 3.48. The Hall–Kier alpha value is -1.14. The molecule has 1 N–H and O–H groups in total. The lowest BCUT2D eigenvalue weighted by Gasteiger charge is -2.33. The highest BCUT2D eigenvalue weighted by Crippen LogP contribution is 2.38. The van der Waals surface area contributed by atoms with Crippen molar-refractivity contribution in [1.29, 1.82) is 0 Å². The van der Waals surface area contributed by atoms with Gasteiger partial charge in [0.25, 0.3) is 0 Å². The Bertz CT molecular complexity index is 608. The molecule has 0 aliphatic carbocycles. The molecule has 0 saturated carbocycles. The first-order valence-corrected chi connectivity index (χ1v) is 8.19. The summed E-state index contributed by atoms with van der Waals surface area (Å²) in [5.41, 5.74) is 1.88. The number of hydrogen-bond acceptors (Lipinski definition) is 4. The van der Waals surface area contributed by atoms with Gasteiger partial charge in [-0.1, -0.05) is 6.07 Å². The summed E-state index contributed by atoms with van der Waals surface area (Å²) in [5.74, 6) is 0.928. The van der Waals surface area contributed by atoms with Crippen LogP contribution in [0.25, 0.3) is 5.82 Å². The number of nitrogens with zero attached hydrogens (tertiary/aromatic N) is 4. The van der Waals surface area contributed by atoms with Gasteiger partial charge in [-0.2, -0.15) is 0 Å². The zero-order valence-electron chi connectivity index (χ0n) is 13.7. The lowest BCUT2D eigenvalue weighted by atomic mass is 9.78. The highest BCUT2D eigenvalue weighted by Gasteiger charge is 2.38. The highest BCUT2D eigenvalue weighted by atomic mass is 35.5. The maximum atomic E-state index is 4.55. The maximum Gasteiger partial charge on any atom is 0.137 e. The van der Waals surface area contributed by atoms with Gasteiger partial charge in [-0.15, -0.1) is 24.8 Å². The fourth-order valence-electron chi connectivity index (χ4n) is 3.84. The molecule has 2 aliphatic rings. The van der Waals surface area contributed by atoms with Crippen molar-refractivity contribution in [2.24, 2.45) is 5.41 Å². The Balaban J connectivity index is 0.00000104. The molecule has 2 aliphatic heterocycles. The lowest BCUT2D eigenvalue weighted by Crippen LogP contribution is -2.38. The SMILES string of the molecule is Cl.Cl.c1cn(-c2ccc(CN3CCC4(CCNCC4)C3)cn2)cn1. The number of nitrogens with one attached hydrogen (secondary N) is 1. The van der Waals surface area contributed by atoms with Crippen LogP contribution in [0.2, 0.25) is 0 Å². The molecule has 24 heavy (non-hydrogen) atoms. The number of imidazole rings is 1. The third-order valence-corrected chi connectivity index (χ3v) is 5.17. The van der Waals surface area contributed by atoms with Crippen LogP contribution in [0.3, 0.4) is 0 Å². The Morgan fingerprint density at radius 1 is 1.12 bits per heavy atom. The third kappa shape index (κ3) is 4.09. The van der Waals surface area contributed by atoms with Crippen LogP contribution in [-0.2, 0) is 6.54 Å². The zero-order chi connectivity index (χ0) is 14.8. The van der Waals surface area contributed by atoms with Crippen molar-refractivity contribution in [2.75, 3.05) is 26.2 Å². The van der Waals surface area contributed by atoms with E-state index in [-0.39, 0.29) is 24.8 Å². The second-order valence-corrected chi connectivity index (χ2v) is 6.71. The largest absolute Gasteiger partial charge is 0.317 e. The van der Waals surface area contributed by atoms with Gasteiger partial charge in [0.15, 0.2) is 0 Å². The molecule has 2 saturated heterocycles. The summed E-state index contributed by atoms with van der Waals surface area (Å²) in [6.07, 6.45) is 11.5. The summed E-state index contributed by atoms with van der Waals surface area (Å²) >= 11 is 0. The molecule has 2 fully saturated rings. The van der Waals surface area contributed by atoms with Crippen molar-refractivity contribution >= 4 is 24.8 Å². The Labute approximate surface area is 155 Å². The van der Waals surface area contributed by atoms with Crippen LogP contribution in [-0.4, -0.2) is 45.6 Å². The molecule has 5 nitrogen and oxygen atoms in total. The fraction of sp³-hybridized carbons (Fsp3) is 0.529. The van der Waals surface area contributed by atoms with Crippen LogP contribution in [0.5, 0.6) is 0 Å². The van der Waals surface area contributed by atoms with E-state index in [0.717, 1.165) is 12.4 Å². The van der Waals surface area contributed by atoms with E-state index in [0.29, 0.717) is 5.41 Å². The first-order chi connectivity index (χ1) is 10.8. The molecule has 0 radical (unpaired) electrons. The number of rotatable bonds is 3. The smallest absolute Gasteiger partial charge is 0.137 e. The second kappa shape index (κ2) is 8.30. The number of piperidine rings is 1. The molecule has 4 rings (SSSR count). The van der Waals surface area contributed by atoms with E-state index >= 15 is 0 Å². The van der Waals surface area contributed by atoms with Crippen molar-refractivity contribution in [3.63, 3.8) is 0 Å². The summed E-state index contributed by atoms with van der Waals surface area (Å²) in [4.78, 5) is 11.2. The molecule has 132 valence electrons. The molecule has 0 aromatic carbocycles. The zero-order valence-corrected chi connectivity index (χ0v) is 15.4. The number of hydrogen-bond donors (Lipinski definition) is 1. The minimum Gasteiger partial charge on any atom is -0.317 e. The van der Waals surface area contributed by atoms with Crippen molar-refractivity contribution in [3.8, 4) is 5.82 Å². The Kier molecular flexibility index (Phi) is 6.63.